The van der Waals surface area contributed by atoms with Gasteiger partial charge in [0.05, 0.1) is 0 Å². The maximum absolute atomic E-state index is 13.2. The van der Waals surface area contributed by atoms with Gasteiger partial charge in [-0.2, -0.15) is 4.39 Å². The summed E-state index contributed by atoms with van der Waals surface area (Å²) in [6.07, 6.45) is 1.36. The van der Waals surface area contributed by atoms with E-state index < -0.39 is 12.1 Å². The fraction of sp³-hybridized carbons (Fsp3) is 0.538. The van der Waals surface area contributed by atoms with Crippen molar-refractivity contribution >= 4 is 5.91 Å². The van der Waals surface area contributed by atoms with Gasteiger partial charge in [0.1, 0.15) is 0 Å². The Bertz CT molecular complexity index is 421. The summed E-state index contributed by atoms with van der Waals surface area (Å²) in [5.41, 5.74) is -0.303. The molecule has 0 saturated carbocycles. The minimum absolute atomic E-state index is 0.0190. The molecule has 0 aliphatic rings. The molecule has 1 amide bonds. The number of hydrogen-bond acceptors (Lipinski definition) is 3. The Morgan fingerprint density at radius 3 is 2.83 bits per heavy atom. The van der Waals surface area contributed by atoms with E-state index in [4.69, 9.17) is 4.74 Å². The molecule has 0 saturated heterocycles. The van der Waals surface area contributed by atoms with Crippen molar-refractivity contribution in [1.82, 2.24) is 10.3 Å². The standard InChI is InChI=1S/C13H19FN2O2/c1-5-13(3,4)16-12(17)9(2)18-10-7-6-8-15-11(10)14/h6-9H,5H2,1-4H3,(H,16,17). The molecule has 1 N–H and O–H groups in total. The lowest BCUT2D eigenvalue weighted by atomic mass is 10.0. The van der Waals surface area contributed by atoms with Gasteiger partial charge in [-0.05, 0) is 39.3 Å². The first-order valence-corrected chi connectivity index (χ1v) is 5.95. The highest BCUT2D eigenvalue weighted by molar-refractivity contribution is 5.81. The average Bonchev–Trinajstić information content (AvgIpc) is 2.31. The van der Waals surface area contributed by atoms with Gasteiger partial charge in [0.25, 0.3) is 11.9 Å². The molecular weight excluding hydrogens is 235 g/mol. The SMILES string of the molecule is CCC(C)(C)NC(=O)C(C)Oc1cccnc1F. The van der Waals surface area contributed by atoms with Gasteiger partial charge in [0.15, 0.2) is 11.9 Å². The number of hydrogen-bond donors (Lipinski definition) is 1. The van der Waals surface area contributed by atoms with E-state index in [0.717, 1.165) is 6.42 Å². The topological polar surface area (TPSA) is 51.2 Å². The Morgan fingerprint density at radius 1 is 1.61 bits per heavy atom. The molecule has 4 nitrogen and oxygen atoms in total. The van der Waals surface area contributed by atoms with E-state index in [1.165, 1.54) is 12.3 Å². The molecule has 0 aliphatic heterocycles. The third kappa shape index (κ3) is 3.98. The molecule has 0 aromatic carbocycles. The number of amides is 1. The molecule has 1 heterocycles. The number of halogens is 1. The molecule has 1 atom stereocenters. The Morgan fingerprint density at radius 2 is 2.28 bits per heavy atom. The zero-order chi connectivity index (χ0) is 13.8. The average molecular weight is 254 g/mol. The Labute approximate surface area is 107 Å². The van der Waals surface area contributed by atoms with Crippen molar-refractivity contribution in [1.29, 1.82) is 0 Å². The van der Waals surface area contributed by atoms with Crippen LogP contribution in [-0.4, -0.2) is 22.5 Å². The smallest absolute Gasteiger partial charge is 0.261 e. The van der Waals surface area contributed by atoms with Crippen molar-refractivity contribution in [3.05, 3.63) is 24.3 Å². The number of ether oxygens (including phenoxy) is 1. The van der Waals surface area contributed by atoms with Crippen LogP contribution in [-0.2, 0) is 4.79 Å². The van der Waals surface area contributed by atoms with Crippen LogP contribution in [0.1, 0.15) is 34.1 Å². The van der Waals surface area contributed by atoms with E-state index in [1.807, 2.05) is 20.8 Å². The Balaban J connectivity index is 2.63. The summed E-state index contributed by atoms with van der Waals surface area (Å²) >= 11 is 0. The molecule has 5 heteroatoms. The molecule has 0 spiro atoms. The largest absolute Gasteiger partial charge is 0.476 e. The first-order chi connectivity index (χ1) is 8.35. The summed E-state index contributed by atoms with van der Waals surface area (Å²) < 4.78 is 18.5. The lowest BCUT2D eigenvalue weighted by molar-refractivity contribution is -0.129. The zero-order valence-corrected chi connectivity index (χ0v) is 11.2. The lowest BCUT2D eigenvalue weighted by Crippen LogP contribution is -2.48. The molecular formula is C13H19FN2O2. The molecule has 0 fully saturated rings. The molecule has 18 heavy (non-hydrogen) atoms. The highest BCUT2D eigenvalue weighted by atomic mass is 19.1. The number of rotatable bonds is 5. The fourth-order valence-electron chi connectivity index (χ4n) is 1.23. The van der Waals surface area contributed by atoms with Crippen LogP contribution in [0.4, 0.5) is 4.39 Å². The van der Waals surface area contributed by atoms with Crippen LogP contribution >= 0.6 is 0 Å². The predicted molar refractivity (Wildman–Crippen MR) is 66.8 cm³/mol. The summed E-state index contributed by atoms with van der Waals surface area (Å²) in [7, 11) is 0. The molecule has 1 aromatic heterocycles. The van der Waals surface area contributed by atoms with Gasteiger partial charge < -0.3 is 10.1 Å². The van der Waals surface area contributed by atoms with Crippen molar-refractivity contribution in [2.24, 2.45) is 0 Å². The van der Waals surface area contributed by atoms with Crippen molar-refractivity contribution < 1.29 is 13.9 Å². The van der Waals surface area contributed by atoms with Crippen molar-refractivity contribution in [3.63, 3.8) is 0 Å². The second-order valence-corrected chi connectivity index (χ2v) is 4.78. The number of nitrogens with zero attached hydrogens (tertiary/aromatic N) is 1. The Kier molecular flexibility index (Phi) is 4.64. The highest BCUT2D eigenvalue weighted by Gasteiger charge is 2.23. The number of pyridine rings is 1. The van der Waals surface area contributed by atoms with Gasteiger partial charge in [-0.15, -0.1) is 0 Å². The maximum Gasteiger partial charge on any atom is 0.261 e. The molecule has 0 radical (unpaired) electrons. The predicted octanol–water partition coefficient (Wildman–Crippen LogP) is 2.29. The number of carbonyl (C=O) groups excluding carboxylic acids is 1. The zero-order valence-electron chi connectivity index (χ0n) is 11.2. The van der Waals surface area contributed by atoms with E-state index in [1.54, 1.807) is 13.0 Å². The third-order valence-electron chi connectivity index (χ3n) is 2.74. The second-order valence-electron chi connectivity index (χ2n) is 4.78. The number of aromatic nitrogens is 1. The maximum atomic E-state index is 13.2. The van der Waals surface area contributed by atoms with Crippen LogP contribution in [0.15, 0.2) is 18.3 Å². The number of nitrogens with one attached hydrogen (secondary N) is 1. The van der Waals surface area contributed by atoms with E-state index in [0.29, 0.717) is 0 Å². The second kappa shape index (κ2) is 5.80. The van der Waals surface area contributed by atoms with Crippen molar-refractivity contribution in [3.8, 4) is 5.75 Å². The fourth-order valence-corrected chi connectivity index (χ4v) is 1.23. The van der Waals surface area contributed by atoms with Crippen LogP contribution in [0.5, 0.6) is 5.75 Å². The van der Waals surface area contributed by atoms with Crippen LogP contribution < -0.4 is 10.1 Å². The quantitative estimate of drug-likeness (QED) is 0.820. The van der Waals surface area contributed by atoms with Gasteiger partial charge in [-0.3, -0.25) is 4.79 Å². The van der Waals surface area contributed by atoms with E-state index in [-0.39, 0.29) is 17.2 Å². The summed E-state index contributed by atoms with van der Waals surface area (Å²) in [5, 5.41) is 2.84. The molecule has 0 bridgehead atoms. The molecule has 1 aromatic rings. The highest BCUT2D eigenvalue weighted by Crippen LogP contribution is 2.15. The molecule has 1 unspecified atom stereocenters. The van der Waals surface area contributed by atoms with Gasteiger partial charge >= 0.3 is 0 Å². The van der Waals surface area contributed by atoms with E-state index >= 15 is 0 Å². The first kappa shape index (κ1) is 14.4. The minimum Gasteiger partial charge on any atom is -0.476 e. The van der Waals surface area contributed by atoms with Crippen molar-refractivity contribution in [2.45, 2.75) is 45.8 Å². The van der Waals surface area contributed by atoms with Crippen molar-refractivity contribution in [2.75, 3.05) is 0 Å². The van der Waals surface area contributed by atoms with Crippen LogP contribution in [0.3, 0.4) is 0 Å². The molecule has 0 aliphatic carbocycles. The summed E-state index contributed by atoms with van der Waals surface area (Å²) in [4.78, 5) is 15.3. The monoisotopic (exact) mass is 254 g/mol. The number of carbonyl (C=O) groups is 1. The van der Waals surface area contributed by atoms with Gasteiger partial charge in [0, 0.05) is 11.7 Å². The normalized spacial score (nSPS) is 12.9. The van der Waals surface area contributed by atoms with Gasteiger partial charge in [0.2, 0.25) is 0 Å². The van der Waals surface area contributed by atoms with Crippen LogP contribution in [0, 0.1) is 5.95 Å². The van der Waals surface area contributed by atoms with E-state index in [9.17, 15) is 9.18 Å². The van der Waals surface area contributed by atoms with Crippen LogP contribution in [0.25, 0.3) is 0 Å². The van der Waals surface area contributed by atoms with Gasteiger partial charge in [-0.25, -0.2) is 4.98 Å². The summed E-state index contributed by atoms with van der Waals surface area (Å²) in [6, 6.07) is 3.00. The molecule has 100 valence electrons. The van der Waals surface area contributed by atoms with Gasteiger partial charge in [-0.1, -0.05) is 6.92 Å². The van der Waals surface area contributed by atoms with Crippen LogP contribution in [0.2, 0.25) is 0 Å². The Hall–Kier alpha value is -1.65. The lowest BCUT2D eigenvalue weighted by Gasteiger charge is -2.26. The summed E-state index contributed by atoms with van der Waals surface area (Å²) in [5.74, 6) is -1.01. The van der Waals surface area contributed by atoms with E-state index in [2.05, 4.69) is 10.3 Å². The first-order valence-electron chi connectivity index (χ1n) is 5.95. The minimum atomic E-state index is -0.769. The third-order valence-corrected chi connectivity index (χ3v) is 2.74. The summed E-state index contributed by atoms with van der Waals surface area (Å²) in [6.45, 7) is 7.39. The molecule has 1 rings (SSSR count).